The molecule has 0 bridgehead atoms. The normalized spacial score (nSPS) is 11.4. The van der Waals surface area contributed by atoms with E-state index in [1.807, 2.05) is 25.1 Å². The van der Waals surface area contributed by atoms with E-state index in [1.165, 1.54) is 0 Å². The molecule has 2 rings (SSSR count). The summed E-state index contributed by atoms with van der Waals surface area (Å²) in [6.07, 6.45) is 1.62. The molecule has 0 aliphatic carbocycles. The van der Waals surface area contributed by atoms with E-state index in [2.05, 4.69) is 22.4 Å². The molecule has 1 aromatic heterocycles. The van der Waals surface area contributed by atoms with Gasteiger partial charge >= 0.3 is 0 Å². The zero-order chi connectivity index (χ0) is 18.2. The number of hydrogen-bond acceptors (Lipinski definition) is 5. The predicted molar refractivity (Wildman–Crippen MR) is 97.0 cm³/mol. The molecule has 0 spiro atoms. The average molecular weight is 346 g/mol. The van der Waals surface area contributed by atoms with Crippen molar-refractivity contribution in [3.63, 3.8) is 0 Å². The summed E-state index contributed by atoms with van der Waals surface area (Å²) in [7, 11) is 3.22. The van der Waals surface area contributed by atoms with Crippen molar-refractivity contribution >= 4 is 5.96 Å². The minimum atomic E-state index is 0.375. The Hall–Kier alpha value is -2.70. The molecule has 25 heavy (non-hydrogen) atoms. The van der Waals surface area contributed by atoms with Crippen LogP contribution in [-0.4, -0.2) is 25.3 Å². The fraction of sp³-hybridized carbons (Fsp3) is 0.444. The van der Waals surface area contributed by atoms with Crippen molar-refractivity contribution in [2.24, 2.45) is 10.7 Å². The van der Waals surface area contributed by atoms with Crippen LogP contribution in [0.5, 0.6) is 11.5 Å². The maximum Gasteiger partial charge on any atom is 0.189 e. The first-order valence-corrected chi connectivity index (χ1v) is 8.33. The van der Waals surface area contributed by atoms with Gasteiger partial charge in [-0.2, -0.15) is 0 Å². The minimum Gasteiger partial charge on any atom is -0.493 e. The highest BCUT2D eigenvalue weighted by Gasteiger charge is 2.13. The van der Waals surface area contributed by atoms with Gasteiger partial charge in [0.15, 0.2) is 17.5 Å². The van der Waals surface area contributed by atoms with Crippen LogP contribution >= 0.6 is 0 Å². The van der Waals surface area contributed by atoms with Crippen molar-refractivity contribution in [2.45, 2.75) is 39.8 Å². The molecule has 0 atom stereocenters. The van der Waals surface area contributed by atoms with E-state index in [-0.39, 0.29) is 0 Å². The van der Waals surface area contributed by atoms with Crippen LogP contribution in [0.2, 0.25) is 0 Å². The summed E-state index contributed by atoms with van der Waals surface area (Å²) >= 11 is 0. The molecule has 7 nitrogen and oxygen atoms in total. The van der Waals surface area contributed by atoms with Gasteiger partial charge in [-0.1, -0.05) is 25.1 Å². The van der Waals surface area contributed by atoms with Gasteiger partial charge in [-0.3, -0.25) is 0 Å². The number of aryl methyl sites for hydroxylation is 2. The van der Waals surface area contributed by atoms with Crippen LogP contribution in [0, 0.1) is 0 Å². The molecule has 0 saturated carbocycles. The van der Waals surface area contributed by atoms with Crippen LogP contribution in [0.3, 0.4) is 0 Å². The van der Waals surface area contributed by atoms with E-state index in [0.29, 0.717) is 30.5 Å². The number of nitrogens with one attached hydrogen (secondary N) is 1. The highest BCUT2D eigenvalue weighted by Crippen LogP contribution is 2.27. The molecule has 7 heteroatoms. The first-order valence-electron chi connectivity index (χ1n) is 8.33. The van der Waals surface area contributed by atoms with Crippen molar-refractivity contribution in [3.8, 4) is 11.5 Å². The number of benzene rings is 1. The van der Waals surface area contributed by atoms with Gasteiger partial charge < -0.3 is 25.0 Å². The van der Waals surface area contributed by atoms with Crippen LogP contribution in [0.4, 0.5) is 0 Å². The van der Waals surface area contributed by atoms with Crippen molar-refractivity contribution in [3.05, 3.63) is 40.8 Å². The van der Waals surface area contributed by atoms with E-state index >= 15 is 0 Å². The van der Waals surface area contributed by atoms with Gasteiger partial charge in [0, 0.05) is 18.5 Å². The fourth-order valence-electron chi connectivity index (χ4n) is 2.53. The first kappa shape index (κ1) is 18.6. The van der Waals surface area contributed by atoms with E-state index in [1.54, 1.807) is 14.2 Å². The molecular weight excluding hydrogens is 320 g/mol. The minimum absolute atomic E-state index is 0.375. The van der Waals surface area contributed by atoms with Crippen molar-refractivity contribution in [1.82, 2.24) is 10.5 Å². The smallest absolute Gasteiger partial charge is 0.189 e. The number of guanidine groups is 1. The van der Waals surface area contributed by atoms with Crippen LogP contribution in [0.15, 0.2) is 27.7 Å². The second kappa shape index (κ2) is 8.96. The third-order valence-electron chi connectivity index (χ3n) is 3.93. The molecule has 0 unspecified atom stereocenters. The Morgan fingerprint density at radius 2 is 1.96 bits per heavy atom. The van der Waals surface area contributed by atoms with Crippen molar-refractivity contribution in [1.29, 1.82) is 0 Å². The molecule has 0 radical (unpaired) electrons. The van der Waals surface area contributed by atoms with E-state index in [0.717, 1.165) is 35.4 Å². The highest BCUT2D eigenvalue weighted by molar-refractivity contribution is 5.77. The second-order valence-electron chi connectivity index (χ2n) is 5.48. The van der Waals surface area contributed by atoms with Gasteiger partial charge in [-0.15, -0.1) is 0 Å². The maximum atomic E-state index is 5.98. The van der Waals surface area contributed by atoms with E-state index < -0.39 is 0 Å². The van der Waals surface area contributed by atoms with Crippen LogP contribution in [-0.2, 0) is 25.9 Å². The fourth-order valence-corrected chi connectivity index (χ4v) is 2.53. The molecular formula is C18H26N4O3. The van der Waals surface area contributed by atoms with E-state index in [4.69, 9.17) is 19.7 Å². The summed E-state index contributed by atoms with van der Waals surface area (Å²) < 4.78 is 15.9. The van der Waals surface area contributed by atoms with Crippen LogP contribution in [0.1, 0.15) is 36.4 Å². The largest absolute Gasteiger partial charge is 0.493 e. The van der Waals surface area contributed by atoms with Crippen LogP contribution < -0.4 is 20.5 Å². The summed E-state index contributed by atoms with van der Waals surface area (Å²) in [4.78, 5) is 4.37. The number of hydrogen-bond donors (Lipinski definition) is 2. The molecule has 0 saturated heterocycles. The van der Waals surface area contributed by atoms with E-state index in [9.17, 15) is 0 Å². The Morgan fingerprint density at radius 1 is 1.20 bits per heavy atom. The zero-order valence-electron chi connectivity index (χ0n) is 15.3. The van der Waals surface area contributed by atoms with Gasteiger partial charge in [0.25, 0.3) is 0 Å². The molecule has 2 aromatic rings. The molecule has 0 fully saturated rings. The maximum absolute atomic E-state index is 5.98. The molecule has 136 valence electrons. The number of aliphatic imine (C=N–C) groups is 1. The number of nitrogens with two attached hydrogens (primary N) is 1. The lowest BCUT2D eigenvalue weighted by Gasteiger charge is -2.09. The molecule has 3 N–H and O–H groups in total. The lowest BCUT2D eigenvalue weighted by molar-refractivity contribution is 0.354. The second-order valence-corrected chi connectivity index (χ2v) is 5.48. The number of methoxy groups -OCH3 is 2. The standard InChI is InChI=1S/C18H26N4O3/c1-5-14-13(15(6-2)25-22-14)11-21-18(19)20-10-12-7-8-16(23-3)17(9-12)24-4/h7-9H,5-6,10-11H2,1-4H3,(H3,19,20,21). The van der Waals surface area contributed by atoms with Gasteiger partial charge in [0.05, 0.1) is 26.5 Å². The summed E-state index contributed by atoms with van der Waals surface area (Å²) in [5.41, 5.74) is 8.98. The molecule has 0 aliphatic rings. The quantitative estimate of drug-likeness (QED) is 0.563. The Kier molecular flexibility index (Phi) is 6.68. The lowest BCUT2D eigenvalue weighted by Crippen LogP contribution is -2.31. The highest BCUT2D eigenvalue weighted by atomic mass is 16.5. The first-order chi connectivity index (χ1) is 12.1. The number of rotatable bonds is 8. The Bertz CT molecular complexity index is 704. The monoisotopic (exact) mass is 346 g/mol. The topological polar surface area (TPSA) is 94.9 Å². The number of ether oxygens (including phenoxy) is 2. The van der Waals surface area contributed by atoms with Gasteiger partial charge in [0.1, 0.15) is 5.76 Å². The predicted octanol–water partition coefficient (Wildman–Crippen LogP) is 2.42. The summed E-state index contributed by atoms with van der Waals surface area (Å²) in [6.45, 7) is 5.09. The average Bonchev–Trinajstić information content (AvgIpc) is 3.06. The summed E-state index contributed by atoms with van der Waals surface area (Å²) in [6, 6.07) is 5.67. The van der Waals surface area contributed by atoms with Crippen LogP contribution in [0.25, 0.3) is 0 Å². The van der Waals surface area contributed by atoms with Gasteiger partial charge in [0.2, 0.25) is 0 Å². The van der Waals surface area contributed by atoms with Crippen molar-refractivity contribution < 1.29 is 14.0 Å². The third-order valence-corrected chi connectivity index (χ3v) is 3.93. The molecule has 0 aliphatic heterocycles. The zero-order valence-corrected chi connectivity index (χ0v) is 15.3. The summed E-state index contributed by atoms with van der Waals surface area (Å²) in [5.74, 6) is 2.62. The van der Waals surface area contributed by atoms with Crippen molar-refractivity contribution in [2.75, 3.05) is 14.2 Å². The molecule has 1 aromatic carbocycles. The third kappa shape index (κ3) is 4.65. The Labute approximate surface area is 148 Å². The Balaban J connectivity index is 1.99. The number of nitrogens with zero attached hydrogens (tertiary/aromatic N) is 2. The number of aromatic nitrogens is 1. The van der Waals surface area contributed by atoms with Gasteiger partial charge in [-0.05, 0) is 24.1 Å². The lowest BCUT2D eigenvalue weighted by atomic mass is 10.1. The Morgan fingerprint density at radius 3 is 2.60 bits per heavy atom. The SMILES string of the molecule is CCc1noc(CC)c1CNC(N)=NCc1ccc(OC)c(OC)c1. The summed E-state index contributed by atoms with van der Waals surface area (Å²) in [5, 5.41) is 7.22. The molecule has 1 heterocycles. The molecule has 0 amide bonds. The van der Waals surface area contributed by atoms with Gasteiger partial charge in [-0.25, -0.2) is 4.99 Å².